The zero-order chi connectivity index (χ0) is 22.1. The predicted molar refractivity (Wildman–Crippen MR) is 121 cm³/mol. The number of halogens is 1. The van der Waals surface area contributed by atoms with Crippen LogP contribution >= 0.6 is 11.6 Å². The molecule has 6 nitrogen and oxygen atoms in total. The van der Waals surface area contributed by atoms with E-state index >= 15 is 0 Å². The van der Waals surface area contributed by atoms with Gasteiger partial charge in [0, 0.05) is 36.6 Å². The summed E-state index contributed by atoms with van der Waals surface area (Å²) in [5.41, 5.74) is 2.57. The van der Waals surface area contributed by atoms with E-state index in [-0.39, 0.29) is 11.3 Å². The number of rotatable bonds is 4. The Morgan fingerprint density at radius 2 is 1.71 bits per heavy atom. The number of nitrogens with zero attached hydrogens (tertiary/aromatic N) is 3. The van der Waals surface area contributed by atoms with Gasteiger partial charge >= 0.3 is 0 Å². The normalized spacial score (nSPS) is 17.8. The van der Waals surface area contributed by atoms with Crippen LogP contribution < -0.4 is 9.80 Å². The first-order valence-corrected chi connectivity index (χ1v) is 10.0. The van der Waals surface area contributed by atoms with Crippen LogP contribution in [0.5, 0.6) is 0 Å². The molecule has 3 aromatic rings. The lowest BCUT2D eigenvalue weighted by atomic mass is 9.95. The summed E-state index contributed by atoms with van der Waals surface area (Å²) in [6.45, 7) is 0. The molecule has 0 spiro atoms. The van der Waals surface area contributed by atoms with Gasteiger partial charge in [-0.2, -0.15) is 0 Å². The van der Waals surface area contributed by atoms with Gasteiger partial charge in [-0.05, 0) is 54.1 Å². The fourth-order valence-corrected chi connectivity index (χ4v) is 3.75. The van der Waals surface area contributed by atoms with E-state index in [2.05, 4.69) is 4.98 Å². The lowest BCUT2D eigenvalue weighted by Gasteiger charge is -2.25. The van der Waals surface area contributed by atoms with Gasteiger partial charge in [0.15, 0.2) is 0 Å². The number of anilines is 2. The maximum Gasteiger partial charge on any atom is 0.300 e. The Hall–Kier alpha value is -3.64. The Kier molecular flexibility index (Phi) is 5.48. The quantitative estimate of drug-likeness (QED) is 0.374. The second-order valence-electron chi connectivity index (χ2n) is 7.37. The van der Waals surface area contributed by atoms with Gasteiger partial charge in [0.1, 0.15) is 5.76 Å². The first-order valence-electron chi connectivity index (χ1n) is 9.62. The molecule has 1 amide bonds. The second-order valence-corrected chi connectivity index (χ2v) is 7.81. The lowest BCUT2D eigenvalue weighted by molar-refractivity contribution is -0.132. The number of carbonyl (C=O) groups is 2. The molecule has 1 saturated heterocycles. The minimum Gasteiger partial charge on any atom is -0.507 e. The van der Waals surface area contributed by atoms with Gasteiger partial charge in [-0.15, -0.1) is 0 Å². The SMILES string of the molecule is CN(C)c1ccc(C2/C(=C(\O)c3ccc(Cl)cc3)C(=O)C(=O)N2c2cccnc2)cc1. The van der Waals surface area contributed by atoms with Gasteiger partial charge in [-0.1, -0.05) is 23.7 Å². The molecule has 1 aliphatic heterocycles. The van der Waals surface area contributed by atoms with Crippen molar-refractivity contribution in [2.75, 3.05) is 23.9 Å². The standard InChI is InChI=1S/C24H20ClN3O3/c1-27(2)18-11-7-15(8-12-18)21-20(22(29)16-5-9-17(25)10-6-16)23(30)24(31)28(21)19-4-3-13-26-14-19/h3-14,21,29H,1-2H3/b22-20+. The molecule has 7 heteroatoms. The molecule has 4 rings (SSSR count). The van der Waals surface area contributed by atoms with Crippen LogP contribution in [0.2, 0.25) is 5.02 Å². The molecule has 2 heterocycles. The van der Waals surface area contributed by atoms with Crippen LogP contribution in [0.1, 0.15) is 17.2 Å². The van der Waals surface area contributed by atoms with Crippen molar-refractivity contribution in [2.45, 2.75) is 6.04 Å². The van der Waals surface area contributed by atoms with Crippen LogP contribution in [0, 0.1) is 0 Å². The summed E-state index contributed by atoms with van der Waals surface area (Å²) in [6, 6.07) is 16.6. The van der Waals surface area contributed by atoms with Gasteiger partial charge in [0.25, 0.3) is 11.7 Å². The Labute approximate surface area is 185 Å². The van der Waals surface area contributed by atoms with Gasteiger partial charge < -0.3 is 10.0 Å². The Bertz CT molecular complexity index is 1160. The molecule has 0 aliphatic carbocycles. The maximum absolute atomic E-state index is 13.1. The molecule has 0 radical (unpaired) electrons. The van der Waals surface area contributed by atoms with Gasteiger partial charge in [0.2, 0.25) is 0 Å². The summed E-state index contributed by atoms with van der Waals surface area (Å²) in [6.07, 6.45) is 3.11. The smallest absolute Gasteiger partial charge is 0.300 e. The minimum atomic E-state index is -0.795. The van der Waals surface area contributed by atoms with Crippen molar-refractivity contribution < 1.29 is 14.7 Å². The maximum atomic E-state index is 13.1. The molecule has 2 aromatic carbocycles. The average Bonchev–Trinajstić information content (AvgIpc) is 3.05. The third-order valence-corrected chi connectivity index (χ3v) is 5.46. The summed E-state index contributed by atoms with van der Waals surface area (Å²) in [7, 11) is 3.86. The highest BCUT2D eigenvalue weighted by Gasteiger charge is 2.47. The van der Waals surface area contributed by atoms with E-state index in [9.17, 15) is 14.7 Å². The van der Waals surface area contributed by atoms with Crippen molar-refractivity contribution in [3.63, 3.8) is 0 Å². The van der Waals surface area contributed by atoms with Crippen LogP contribution in [0.25, 0.3) is 5.76 Å². The van der Waals surface area contributed by atoms with Crippen molar-refractivity contribution in [3.05, 3.63) is 94.8 Å². The topological polar surface area (TPSA) is 73.7 Å². The highest BCUT2D eigenvalue weighted by molar-refractivity contribution is 6.51. The zero-order valence-corrected chi connectivity index (χ0v) is 17.7. The number of hydrogen-bond acceptors (Lipinski definition) is 5. The van der Waals surface area contributed by atoms with Crippen LogP contribution in [0.15, 0.2) is 78.6 Å². The molecule has 1 aliphatic rings. The Morgan fingerprint density at radius 3 is 2.29 bits per heavy atom. The summed E-state index contributed by atoms with van der Waals surface area (Å²) >= 11 is 5.96. The van der Waals surface area contributed by atoms with E-state index in [0.29, 0.717) is 21.8 Å². The molecule has 1 unspecified atom stereocenters. The fraction of sp³-hybridized carbons (Fsp3) is 0.125. The van der Waals surface area contributed by atoms with E-state index in [1.165, 1.54) is 11.1 Å². The van der Waals surface area contributed by atoms with E-state index < -0.39 is 17.7 Å². The van der Waals surface area contributed by atoms with Crippen molar-refractivity contribution in [2.24, 2.45) is 0 Å². The monoisotopic (exact) mass is 433 g/mol. The first-order chi connectivity index (χ1) is 14.9. The van der Waals surface area contributed by atoms with Crippen LogP contribution in [-0.2, 0) is 9.59 Å². The van der Waals surface area contributed by atoms with E-state index in [1.807, 2.05) is 43.3 Å². The number of aliphatic hydroxyl groups is 1. The first kappa shape index (κ1) is 20.6. The van der Waals surface area contributed by atoms with Crippen LogP contribution in [0.4, 0.5) is 11.4 Å². The molecule has 1 fully saturated rings. The van der Waals surface area contributed by atoms with Gasteiger partial charge in [-0.25, -0.2) is 0 Å². The number of benzene rings is 2. The lowest BCUT2D eigenvalue weighted by Crippen LogP contribution is -2.29. The highest BCUT2D eigenvalue weighted by atomic mass is 35.5. The Balaban J connectivity index is 1.91. The van der Waals surface area contributed by atoms with Gasteiger partial charge in [-0.3, -0.25) is 19.5 Å². The van der Waals surface area contributed by atoms with E-state index in [4.69, 9.17) is 11.6 Å². The predicted octanol–water partition coefficient (Wildman–Crippen LogP) is 4.43. The summed E-state index contributed by atoms with van der Waals surface area (Å²) in [5.74, 6) is -1.72. The largest absolute Gasteiger partial charge is 0.507 e. The van der Waals surface area contributed by atoms with E-state index in [1.54, 1.807) is 42.6 Å². The van der Waals surface area contributed by atoms with Gasteiger partial charge in [0.05, 0.1) is 23.5 Å². The molecular weight excluding hydrogens is 414 g/mol. The molecule has 31 heavy (non-hydrogen) atoms. The zero-order valence-electron chi connectivity index (χ0n) is 17.0. The van der Waals surface area contributed by atoms with Crippen molar-refractivity contribution in [3.8, 4) is 0 Å². The van der Waals surface area contributed by atoms with Crippen molar-refractivity contribution >= 4 is 40.4 Å². The number of amides is 1. The number of Topliss-reactive ketones (excluding diaryl/α,β-unsaturated/α-hetero) is 1. The van der Waals surface area contributed by atoms with E-state index in [0.717, 1.165) is 5.69 Å². The highest BCUT2D eigenvalue weighted by Crippen LogP contribution is 2.42. The number of hydrogen-bond donors (Lipinski definition) is 1. The van der Waals surface area contributed by atoms with Crippen LogP contribution in [0.3, 0.4) is 0 Å². The number of pyridine rings is 1. The minimum absolute atomic E-state index is 0.0220. The number of aliphatic hydroxyl groups excluding tert-OH is 1. The molecule has 1 aromatic heterocycles. The molecule has 1 atom stereocenters. The molecule has 156 valence electrons. The molecule has 0 saturated carbocycles. The van der Waals surface area contributed by atoms with Crippen molar-refractivity contribution in [1.29, 1.82) is 0 Å². The fourth-order valence-electron chi connectivity index (χ4n) is 3.63. The Morgan fingerprint density at radius 1 is 1.03 bits per heavy atom. The number of carbonyl (C=O) groups excluding carboxylic acids is 2. The molecule has 0 bridgehead atoms. The second kappa shape index (κ2) is 8.24. The van der Waals surface area contributed by atoms with Crippen LogP contribution in [-0.4, -0.2) is 35.9 Å². The molecular formula is C24H20ClN3O3. The van der Waals surface area contributed by atoms with Crippen molar-refractivity contribution in [1.82, 2.24) is 4.98 Å². The number of ketones is 1. The average molecular weight is 434 g/mol. The number of aromatic nitrogens is 1. The summed E-state index contributed by atoms with van der Waals surface area (Å²) < 4.78 is 0. The third kappa shape index (κ3) is 3.78. The third-order valence-electron chi connectivity index (χ3n) is 5.21. The summed E-state index contributed by atoms with van der Waals surface area (Å²) in [4.78, 5) is 33.5. The summed E-state index contributed by atoms with van der Waals surface area (Å²) in [5, 5.41) is 11.6. The molecule has 1 N–H and O–H groups in total.